The van der Waals surface area contributed by atoms with Crippen LogP contribution in [0.2, 0.25) is 0 Å². The van der Waals surface area contributed by atoms with Gasteiger partial charge in [-0.1, -0.05) is 77.9 Å². The molecule has 2 saturated heterocycles. The summed E-state index contributed by atoms with van der Waals surface area (Å²) in [4.78, 5) is 0. The van der Waals surface area contributed by atoms with Crippen LogP contribution in [0.25, 0.3) is 32.7 Å². The van der Waals surface area contributed by atoms with Crippen molar-refractivity contribution < 1.29 is 66.3 Å². The molecule has 0 N–H and O–H groups in total. The van der Waals surface area contributed by atoms with Gasteiger partial charge in [-0.25, -0.2) is 0 Å². The first-order valence-corrected chi connectivity index (χ1v) is 30.4. The van der Waals surface area contributed by atoms with Gasteiger partial charge in [-0.15, -0.1) is 0 Å². The SMILES string of the molecule is Cc1ccc2c(-c3c(OCOc4ccc(C5CCC(OCOc6ccc(OCOCC7COC7)cc6)CC5)cc4)ccc4cc(C)ccc34)cc(OCOc3ccc(C4CCC(OCOc5ccc(OCOCC6COC6)cc5)CC4)cc3)cc2c1. The van der Waals surface area contributed by atoms with Crippen molar-refractivity contribution in [3.63, 3.8) is 0 Å². The van der Waals surface area contributed by atoms with Crippen molar-refractivity contribution in [3.05, 3.63) is 180 Å². The average Bonchev–Trinajstić information content (AvgIpc) is 2.74. The maximum Gasteiger partial charge on any atom is 0.230 e. The van der Waals surface area contributed by atoms with Gasteiger partial charge in [0.1, 0.15) is 46.0 Å². The van der Waals surface area contributed by atoms with Crippen molar-refractivity contribution in [2.24, 2.45) is 11.8 Å². The number of hydrogen-bond acceptors (Lipinski definition) is 14. The Labute approximate surface area is 504 Å². The second-order valence-corrected chi connectivity index (χ2v) is 23.1. The number of hydrogen-bond donors (Lipinski definition) is 0. The molecule has 2 aliphatic carbocycles. The molecule has 12 rings (SSSR count). The minimum Gasteiger partial charge on any atom is -0.468 e. The Bertz CT molecular complexity index is 3400. The fourth-order valence-corrected chi connectivity index (χ4v) is 11.8. The summed E-state index contributed by atoms with van der Waals surface area (Å²) in [5.74, 6) is 7.74. The summed E-state index contributed by atoms with van der Waals surface area (Å²) < 4.78 is 82.6. The molecule has 0 atom stereocenters. The van der Waals surface area contributed by atoms with E-state index in [1.54, 1.807) is 0 Å². The summed E-state index contributed by atoms with van der Waals surface area (Å²) >= 11 is 0. The number of rotatable bonds is 29. The zero-order chi connectivity index (χ0) is 58.3. The molecule has 0 amide bonds. The molecule has 450 valence electrons. The molecule has 0 radical (unpaired) electrons. The van der Waals surface area contributed by atoms with Crippen LogP contribution in [-0.2, 0) is 28.4 Å². The molecule has 4 aliphatic rings. The van der Waals surface area contributed by atoms with Crippen LogP contribution < -0.4 is 37.9 Å². The second-order valence-electron chi connectivity index (χ2n) is 23.1. The van der Waals surface area contributed by atoms with E-state index in [1.807, 2.05) is 78.9 Å². The van der Waals surface area contributed by atoms with Gasteiger partial charge in [-0.05, 0) is 206 Å². The molecule has 14 heteroatoms. The third-order valence-corrected chi connectivity index (χ3v) is 16.9. The summed E-state index contributed by atoms with van der Waals surface area (Å²) in [6.45, 7) is 9.54. The Morgan fingerprint density at radius 3 is 1.22 bits per heavy atom. The molecule has 0 unspecified atom stereocenters. The summed E-state index contributed by atoms with van der Waals surface area (Å²) in [6, 6.07) is 53.4. The van der Waals surface area contributed by atoms with Crippen LogP contribution in [0.4, 0.5) is 0 Å². The summed E-state index contributed by atoms with van der Waals surface area (Å²) in [6.07, 6.45) is 8.41. The van der Waals surface area contributed by atoms with Gasteiger partial charge in [0.2, 0.25) is 13.6 Å². The van der Waals surface area contributed by atoms with E-state index >= 15 is 0 Å². The van der Waals surface area contributed by atoms with Crippen LogP contribution in [-0.4, -0.2) is 92.6 Å². The Morgan fingerprint density at radius 1 is 0.349 bits per heavy atom. The standard InChI is InChI=1S/C72H78O14/c1-49-4-31-69-57(33-49)13-32-71(86-48-84-62-20-11-56(12-21-62)54-7-16-60(17-8-54)80-46-82-66-28-24-64(25-29-66)78-44-76-42-52-39-74-40-52)72(69)70-36-67(35-58-34-50(2)3-30-68(58)70)85-47-83-61-18-9-55(10-19-61)53-5-14-59(15-6-53)79-45-81-65-26-22-63(23-27-65)77-43-75-41-51-37-73-38-51/h3-4,9-13,18-36,51-54,59-60H,5-8,14-17,37-48H2,1-2H3. The van der Waals surface area contributed by atoms with Gasteiger partial charge in [-0.2, -0.15) is 0 Å². The molecule has 8 aromatic rings. The predicted molar refractivity (Wildman–Crippen MR) is 329 cm³/mol. The van der Waals surface area contributed by atoms with Crippen LogP contribution in [0.5, 0.6) is 46.0 Å². The van der Waals surface area contributed by atoms with Crippen molar-refractivity contribution >= 4 is 21.5 Å². The molecule has 2 aliphatic heterocycles. The predicted octanol–water partition coefficient (Wildman–Crippen LogP) is 15.3. The molecule has 4 fully saturated rings. The fraction of sp³-hybridized carbons (Fsp3) is 0.389. The lowest BCUT2D eigenvalue weighted by Gasteiger charge is -2.28. The Balaban J connectivity index is 0.603. The van der Waals surface area contributed by atoms with E-state index in [9.17, 15) is 0 Å². The van der Waals surface area contributed by atoms with Crippen LogP contribution in [0.1, 0.15) is 85.5 Å². The van der Waals surface area contributed by atoms with Crippen molar-refractivity contribution in [2.75, 3.05) is 80.4 Å². The molecule has 0 bridgehead atoms. The first-order chi connectivity index (χ1) is 42.4. The highest BCUT2D eigenvalue weighted by Crippen LogP contribution is 2.44. The Morgan fingerprint density at radius 2 is 0.756 bits per heavy atom. The van der Waals surface area contributed by atoms with Gasteiger partial charge in [0.15, 0.2) is 27.2 Å². The number of ether oxygens (including phenoxy) is 14. The van der Waals surface area contributed by atoms with Crippen LogP contribution in [0, 0.1) is 25.7 Å². The third-order valence-electron chi connectivity index (χ3n) is 16.9. The van der Waals surface area contributed by atoms with E-state index in [0.29, 0.717) is 48.4 Å². The van der Waals surface area contributed by atoms with E-state index < -0.39 is 0 Å². The summed E-state index contributed by atoms with van der Waals surface area (Å²) in [7, 11) is 0. The van der Waals surface area contributed by atoms with Gasteiger partial charge in [0, 0.05) is 17.4 Å². The topological polar surface area (TPSA) is 129 Å². The molecule has 86 heavy (non-hydrogen) atoms. The summed E-state index contributed by atoms with van der Waals surface area (Å²) in [5.41, 5.74) is 6.92. The molecule has 2 heterocycles. The molecular formula is C72H78O14. The maximum absolute atomic E-state index is 6.60. The molecule has 8 aromatic carbocycles. The summed E-state index contributed by atoms with van der Waals surface area (Å²) in [5, 5.41) is 4.35. The van der Waals surface area contributed by atoms with Crippen molar-refractivity contribution in [1.29, 1.82) is 0 Å². The smallest absolute Gasteiger partial charge is 0.230 e. The van der Waals surface area contributed by atoms with E-state index in [0.717, 1.165) is 151 Å². The minimum absolute atomic E-state index is 0.0331. The lowest BCUT2D eigenvalue weighted by Crippen LogP contribution is -2.32. The lowest BCUT2D eigenvalue weighted by molar-refractivity contribution is -0.0926. The first-order valence-electron chi connectivity index (χ1n) is 30.4. The van der Waals surface area contributed by atoms with Crippen molar-refractivity contribution in [1.82, 2.24) is 0 Å². The van der Waals surface area contributed by atoms with Gasteiger partial charge in [0.25, 0.3) is 0 Å². The van der Waals surface area contributed by atoms with Gasteiger partial charge < -0.3 is 66.3 Å². The fourth-order valence-electron chi connectivity index (χ4n) is 11.8. The molecular weight excluding hydrogens is 1090 g/mol. The Kier molecular flexibility index (Phi) is 20.0. The van der Waals surface area contributed by atoms with E-state index in [4.69, 9.17) is 66.3 Å². The largest absolute Gasteiger partial charge is 0.468 e. The van der Waals surface area contributed by atoms with Gasteiger partial charge in [-0.3, -0.25) is 0 Å². The zero-order valence-electron chi connectivity index (χ0n) is 49.3. The number of benzene rings is 8. The maximum atomic E-state index is 6.60. The van der Waals surface area contributed by atoms with E-state index in [2.05, 4.69) is 92.7 Å². The molecule has 14 nitrogen and oxygen atoms in total. The van der Waals surface area contributed by atoms with E-state index in [-0.39, 0.29) is 53.0 Å². The van der Waals surface area contributed by atoms with E-state index in [1.165, 1.54) is 16.7 Å². The number of aryl methyl sites for hydroxylation is 2. The van der Waals surface area contributed by atoms with Crippen LogP contribution in [0.3, 0.4) is 0 Å². The first kappa shape index (κ1) is 58.8. The normalized spacial score (nSPS) is 18.9. The molecule has 0 aromatic heterocycles. The zero-order valence-corrected chi connectivity index (χ0v) is 49.3. The second kappa shape index (κ2) is 29.2. The minimum atomic E-state index is 0.0331. The molecule has 2 saturated carbocycles. The Hall–Kier alpha value is -7.56. The quantitative estimate of drug-likeness (QED) is 0.0326. The third kappa shape index (κ3) is 15.9. The average molecular weight is 1170 g/mol. The van der Waals surface area contributed by atoms with Gasteiger partial charge >= 0.3 is 0 Å². The van der Waals surface area contributed by atoms with Crippen LogP contribution in [0.15, 0.2) is 158 Å². The van der Waals surface area contributed by atoms with Crippen molar-refractivity contribution in [3.8, 4) is 57.1 Å². The van der Waals surface area contributed by atoms with Crippen LogP contribution >= 0.6 is 0 Å². The molecule has 0 spiro atoms. The monoisotopic (exact) mass is 1170 g/mol. The number of fused-ring (bicyclic) bond motifs is 2. The lowest BCUT2D eigenvalue weighted by atomic mass is 9.83. The highest BCUT2D eigenvalue weighted by atomic mass is 16.7. The van der Waals surface area contributed by atoms with Crippen molar-refractivity contribution in [2.45, 2.75) is 89.3 Å². The van der Waals surface area contributed by atoms with Gasteiger partial charge in [0.05, 0.1) is 51.8 Å². The highest BCUT2D eigenvalue weighted by molar-refractivity contribution is 6.08. The highest BCUT2D eigenvalue weighted by Gasteiger charge is 2.26.